The molecule has 0 saturated carbocycles. The number of hydrogen-bond acceptors (Lipinski definition) is 2. The average molecular weight is 157 g/mol. The van der Waals surface area contributed by atoms with Crippen LogP contribution in [0.3, 0.4) is 0 Å². The van der Waals surface area contributed by atoms with Crippen molar-refractivity contribution in [3.63, 3.8) is 0 Å². The van der Waals surface area contributed by atoms with E-state index in [-0.39, 0.29) is 0 Å². The molecule has 1 rings (SSSR count). The normalized spacial score (nSPS) is 34.9. The first-order valence-corrected chi connectivity index (χ1v) is 4.56. The minimum absolute atomic E-state index is 0.360. The van der Waals surface area contributed by atoms with E-state index < -0.39 is 0 Å². The van der Waals surface area contributed by atoms with Gasteiger partial charge in [0.1, 0.15) is 0 Å². The number of hydrogen-bond donors (Lipinski definition) is 1. The van der Waals surface area contributed by atoms with Crippen molar-refractivity contribution in [2.45, 2.75) is 39.4 Å². The molecule has 0 aromatic carbocycles. The van der Waals surface area contributed by atoms with Gasteiger partial charge in [0.15, 0.2) is 0 Å². The Bertz CT molecular complexity index is 127. The van der Waals surface area contributed by atoms with Crippen LogP contribution in [0.5, 0.6) is 0 Å². The van der Waals surface area contributed by atoms with E-state index in [1.165, 1.54) is 6.42 Å². The second-order valence-electron chi connectivity index (χ2n) is 3.62. The molecule has 0 aromatic heterocycles. The highest BCUT2D eigenvalue weighted by Gasteiger charge is 2.42. The molecule has 1 aliphatic rings. The lowest BCUT2D eigenvalue weighted by molar-refractivity contribution is 0.269. The summed E-state index contributed by atoms with van der Waals surface area (Å²) in [5, 5.41) is 0. The maximum atomic E-state index is 5.48. The lowest BCUT2D eigenvalue weighted by atomic mass is 9.89. The maximum Gasteiger partial charge on any atom is 0.0966 e. The zero-order valence-electron chi connectivity index (χ0n) is 7.71. The molecule has 1 saturated heterocycles. The Morgan fingerprint density at radius 3 is 2.45 bits per heavy atom. The molecule has 11 heavy (non-hydrogen) atoms. The van der Waals surface area contributed by atoms with Crippen LogP contribution in [-0.2, 0) is 4.74 Å². The number of epoxide rings is 1. The topological polar surface area (TPSA) is 38.5 Å². The van der Waals surface area contributed by atoms with Gasteiger partial charge in [-0.1, -0.05) is 27.2 Å². The molecule has 1 aliphatic heterocycles. The molecule has 0 spiro atoms. The van der Waals surface area contributed by atoms with Crippen molar-refractivity contribution < 1.29 is 4.74 Å². The molecule has 66 valence electrons. The highest BCUT2D eigenvalue weighted by Crippen LogP contribution is 2.33. The minimum atomic E-state index is 0.360. The number of ether oxygens (including phenoxy) is 1. The average Bonchev–Trinajstić information content (AvgIpc) is 2.80. The molecule has 0 aromatic rings. The van der Waals surface area contributed by atoms with Gasteiger partial charge in [-0.25, -0.2) is 0 Å². The summed E-state index contributed by atoms with van der Waals surface area (Å²) in [6.07, 6.45) is 2.05. The van der Waals surface area contributed by atoms with Crippen LogP contribution in [0.2, 0.25) is 0 Å². The highest BCUT2D eigenvalue weighted by atomic mass is 16.6. The Labute approximate surface area is 69.1 Å². The van der Waals surface area contributed by atoms with Gasteiger partial charge in [-0.2, -0.15) is 0 Å². The van der Waals surface area contributed by atoms with Gasteiger partial charge < -0.3 is 10.5 Å². The van der Waals surface area contributed by atoms with Crippen LogP contribution in [-0.4, -0.2) is 18.8 Å². The lowest BCUT2D eigenvalue weighted by Gasteiger charge is -2.15. The quantitative estimate of drug-likeness (QED) is 0.626. The molecule has 4 atom stereocenters. The molecule has 2 nitrogen and oxygen atoms in total. The van der Waals surface area contributed by atoms with Crippen LogP contribution in [0.25, 0.3) is 0 Å². The summed E-state index contributed by atoms with van der Waals surface area (Å²) in [6, 6.07) is 0. The first kappa shape index (κ1) is 9.01. The third-order valence-electron chi connectivity index (χ3n) is 2.91. The third kappa shape index (κ3) is 1.94. The van der Waals surface area contributed by atoms with E-state index in [0.717, 1.165) is 5.92 Å². The highest BCUT2D eigenvalue weighted by molar-refractivity contribution is 4.90. The van der Waals surface area contributed by atoms with Crippen LogP contribution in [0.4, 0.5) is 0 Å². The van der Waals surface area contributed by atoms with Crippen LogP contribution in [0.15, 0.2) is 0 Å². The van der Waals surface area contributed by atoms with Crippen molar-refractivity contribution in [3.8, 4) is 0 Å². The largest absolute Gasteiger partial charge is 0.368 e. The summed E-state index contributed by atoms with van der Waals surface area (Å²) in [5.74, 6) is 1.44. The first-order valence-electron chi connectivity index (χ1n) is 4.56. The van der Waals surface area contributed by atoms with Crippen LogP contribution in [0, 0.1) is 11.8 Å². The van der Waals surface area contributed by atoms with E-state index in [0.29, 0.717) is 24.7 Å². The fraction of sp³-hybridized carbons (Fsp3) is 1.00. The molecule has 1 fully saturated rings. The molecular weight excluding hydrogens is 138 g/mol. The van der Waals surface area contributed by atoms with Crippen molar-refractivity contribution in [3.05, 3.63) is 0 Å². The Hall–Kier alpha value is -0.0800. The standard InChI is InChI=1S/C9H19NO/c1-4-6(2)7(3)9-8(5-10)11-9/h6-9H,4-5,10H2,1-3H3. The number of nitrogens with two attached hydrogens (primary N) is 1. The fourth-order valence-electron chi connectivity index (χ4n) is 1.50. The van der Waals surface area contributed by atoms with Crippen molar-refractivity contribution in [2.24, 2.45) is 17.6 Å². The van der Waals surface area contributed by atoms with Gasteiger partial charge in [-0.15, -0.1) is 0 Å². The molecule has 0 aliphatic carbocycles. The Kier molecular flexibility index (Phi) is 2.90. The van der Waals surface area contributed by atoms with Gasteiger partial charge in [0.2, 0.25) is 0 Å². The zero-order chi connectivity index (χ0) is 8.43. The molecule has 2 N–H and O–H groups in total. The molecule has 0 amide bonds. The lowest BCUT2D eigenvalue weighted by Crippen LogP contribution is -2.18. The molecule has 4 unspecified atom stereocenters. The fourth-order valence-corrected chi connectivity index (χ4v) is 1.50. The summed E-state index contributed by atoms with van der Waals surface area (Å²) in [5.41, 5.74) is 5.48. The molecular formula is C9H19NO. The van der Waals surface area contributed by atoms with Gasteiger partial charge in [0.05, 0.1) is 12.2 Å². The van der Waals surface area contributed by atoms with E-state index in [1.807, 2.05) is 0 Å². The van der Waals surface area contributed by atoms with Gasteiger partial charge in [-0.05, 0) is 11.8 Å². The van der Waals surface area contributed by atoms with E-state index in [2.05, 4.69) is 20.8 Å². The third-order valence-corrected chi connectivity index (χ3v) is 2.91. The van der Waals surface area contributed by atoms with Crippen molar-refractivity contribution >= 4 is 0 Å². The second kappa shape index (κ2) is 3.55. The van der Waals surface area contributed by atoms with Gasteiger partial charge in [0.25, 0.3) is 0 Å². The van der Waals surface area contributed by atoms with Crippen molar-refractivity contribution in [1.29, 1.82) is 0 Å². The van der Waals surface area contributed by atoms with Crippen LogP contribution < -0.4 is 5.73 Å². The second-order valence-corrected chi connectivity index (χ2v) is 3.62. The van der Waals surface area contributed by atoms with Crippen molar-refractivity contribution in [2.75, 3.05) is 6.54 Å². The molecule has 0 radical (unpaired) electrons. The van der Waals surface area contributed by atoms with Crippen LogP contribution >= 0.6 is 0 Å². The van der Waals surface area contributed by atoms with Crippen LogP contribution in [0.1, 0.15) is 27.2 Å². The summed E-state index contributed by atoms with van der Waals surface area (Å²) in [4.78, 5) is 0. The van der Waals surface area contributed by atoms with E-state index >= 15 is 0 Å². The van der Waals surface area contributed by atoms with E-state index in [4.69, 9.17) is 10.5 Å². The molecule has 0 bridgehead atoms. The predicted octanol–water partition coefficient (Wildman–Crippen LogP) is 1.39. The Balaban J connectivity index is 2.26. The minimum Gasteiger partial charge on any atom is -0.368 e. The number of rotatable bonds is 4. The predicted molar refractivity (Wildman–Crippen MR) is 46.3 cm³/mol. The van der Waals surface area contributed by atoms with E-state index in [1.54, 1.807) is 0 Å². The summed E-state index contributed by atoms with van der Waals surface area (Å²) < 4.78 is 5.43. The maximum absolute atomic E-state index is 5.48. The Morgan fingerprint density at radius 1 is 1.45 bits per heavy atom. The van der Waals surface area contributed by atoms with E-state index in [9.17, 15) is 0 Å². The SMILES string of the molecule is CCC(C)C(C)C1OC1CN. The smallest absolute Gasteiger partial charge is 0.0966 e. The summed E-state index contributed by atoms with van der Waals surface area (Å²) in [6.45, 7) is 7.45. The molecule has 1 heterocycles. The van der Waals surface area contributed by atoms with Crippen molar-refractivity contribution in [1.82, 2.24) is 0 Å². The summed E-state index contributed by atoms with van der Waals surface area (Å²) >= 11 is 0. The zero-order valence-corrected chi connectivity index (χ0v) is 7.71. The molecule has 2 heteroatoms. The Morgan fingerprint density at radius 2 is 2.09 bits per heavy atom. The monoisotopic (exact) mass is 157 g/mol. The summed E-state index contributed by atoms with van der Waals surface area (Å²) in [7, 11) is 0. The van der Waals surface area contributed by atoms with Gasteiger partial charge in [-0.3, -0.25) is 0 Å². The first-order chi connectivity index (χ1) is 5.20. The van der Waals surface area contributed by atoms with Gasteiger partial charge >= 0.3 is 0 Å². The van der Waals surface area contributed by atoms with Gasteiger partial charge in [0, 0.05) is 6.54 Å².